The quantitative estimate of drug-likeness (QED) is 0.341. The molecule has 0 spiro atoms. The number of anilines is 1. The molecule has 38 heavy (non-hydrogen) atoms. The van der Waals surface area contributed by atoms with Gasteiger partial charge in [0.25, 0.3) is 5.91 Å². The minimum absolute atomic E-state index is 0.0585. The van der Waals surface area contributed by atoms with Crippen LogP contribution in [0.15, 0.2) is 36.5 Å². The highest BCUT2D eigenvalue weighted by Crippen LogP contribution is 2.37. The van der Waals surface area contributed by atoms with Gasteiger partial charge >= 0.3 is 5.82 Å². The van der Waals surface area contributed by atoms with Crippen LogP contribution in [0.2, 0.25) is 0 Å². The van der Waals surface area contributed by atoms with Crippen LogP contribution in [0.1, 0.15) is 41.6 Å². The molecule has 3 amide bonds. The number of hydrogen-bond donors (Lipinski definition) is 1. The predicted molar refractivity (Wildman–Crippen MR) is 135 cm³/mol. The molecule has 6 rings (SSSR count). The van der Waals surface area contributed by atoms with Gasteiger partial charge in [-0.05, 0) is 34.5 Å². The first kappa shape index (κ1) is 24.3. The maximum Gasteiger partial charge on any atom is 0.363 e. The van der Waals surface area contributed by atoms with Gasteiger partial charge in [0, 0.05) is 68.7 Å². The van der Waals surface area contributed by atoms with Gasteiger partial charge in [0.05, 0.1) is 12.2 Å². The summed E-state index contributed by atoms with van der Waals surface area (Å²) in [5, 5.41) is 13.2. The molecular weight excluding hydrogens is 492 g/mol. The molecule has 2 saturated heterocycles. The largest absolute Gasteiger partial charge is 0.490 e. The Labute approximate surface area is 218 Å². The topological polar surface area (TPSA) is 138 Å². The second-order valence-corrected chi connectivity index (χ2v) is 10.2. The van der Waals surface area contributed by atoms with E-state index in [9.17, 15) is 24.5 Å². The Bertz CT molecular complexity index is 1290. The van der Waals surface area contributed by atoms with Crippen LogP contribution < -0.4 is 15.0 Å². The van der Waals surface area contributed by atoms with Crippen LogP contribution >= 0.6 is 0 Å². The lowest BCUT2D eigenvalue weighted by Gasteiger charge is -2.46. The molecular formula is C26H28N6O6. The number of nitro groups is 1. The summed E-state index contributed by atoms with van der Waals surface area (Å²) < 4.78 is 6.33. The zero-order chi connectivity index (χ0) is 26.4. The van der Waals surface area contributed by atoms with Crippen molar-refractivity contribution in [1.29, 1.82) is 0 Å². The van der Waals surface area contributed by atoms with Gasteiger partial charge in [-0.2, -0.15) is 0 Å². The van der Waals surface area contributed by atoms with Gasteiger partial charge in [0.1, 0.15) is 17.9 Å². The summed E-state index contributed by atoms with van der Waals surface area (Å²) in [5.41, 5.74) is 2.25. The fourth-order valence-electron chi connectivity index (χ4n) is 5.80. The summed E-state index contributed by atoms with van der Waals surface area (Å²) in [6, 6.07) is 8.42. The zero-order valence-electron chi connectivity index (χ0n) is 20.7. The molecule has 0 bridgehead atoms. The highest BCUT2D eigenvalue weighted by atomic mass is 16.6. The molecule has 0 radical (unpaired) electrons. The number of ether oxygens (including phenoxy) is 1. The Hall–Kier alpha value is -4.06. The number of amides is 3. The molecule has 1 N–H and O–H groups in total. The molecule has 3 fully saturated rings. The van der Waals surface area contributed by atoms with Gasteiger partial charge in [-0.1, -0.05) is 6.07 Å². The fourth-order valence-corrected chi connectivity index (χ4v) is 5.80. The van der Waals surface area contributed by atoms with Gasteiger partial charge in [-0.25, -0.2) is 0 Å². The SMILES string of the molecule is O=C1CCC(N2Cc3c(OC4CC(N5CCN(c6ccc([N+](=O)[O-])nc6)CC5)C4)cccc3C2=O)C(=O)N1. The van der Waals surface area contributed by atoms with E-state index in [1.165, 1.54) is 6.07 Å². The summed E-state index contributed by atoms with van der Waals surface area (Å²) in [4.78, 5) is 57.4. The molecule has 12 nitrogen and oxygen atoms in total. The van der Waals surface area contributed by atoms with Crippen molar-refractivity contribution < 1.29 is 24.0 Å². The van der Waals surface area contributed by atoms with Gasteiger partial charge < -0.3 is 24.7 Å². The minimum atomic E-state index is -0.644. The lowest BCUT2D eigenvalue weighted by molar-refractivity contribution is -0.389. The smallest absolute Gasteiger partial charge is 0.363 e. The summed E-state index contributed by atoms with van der Waals surface area (Å²) in [7, 11) is 0. The van der Waals surface area contributed by atoms with Gasteiger partial charge in [-0.3, -0.25) is 24.6 Å². The summed E-state index contributed by atoms with van der Waals surface area (Å²) >= 11 is 0. The number of benzene rings is 1. The van der Waals surface area contributed by atoms with Crippen LogP contribution in [0.4, 0.5) is 11.5 Å². The van der Waals surface area contributed by atoms with Crippen molar-refractivity contribution in [2.45, 2.75) is 50.4 Å². The third-order valence-corrected chi connectivity index (χ3v) is 8.02. The van der Waals surface area contributed by atoms with Crippen molar-refractivity contribution in [3.05, 3.63) is 57.8 Å². The van der Waals surface area contributed by atoms with E-state index in [1.807, 2.05) is 12.1 Å². The van der Waals surface area contributed by atoms with Crippen LogP contribution in [0.3, 0.4) is 0 Å². The van der Waals surface area contributed by atoms with E-state index in [2.05, 4.69) is 20.1 Å². The average molecular weight is 521 g/mol. The third-order valence-electron chi connectivity index (χ3n) is 8.02. The minimum Gasteiger partial charge on any atom is -0.490 e. The lowest BCUT2D eigenvalue weighted by atomic mass is 9.87. The first-order chi connectivity index (χ1) is 18.4. The van der Waals surface area contributed by atoms with E-state index < -0.39 is 16.9 Å². The van der Waals surface area contributed by atoms with Crippen molar-refractivity contribution in [2.75, 3.05) is 31.1 Å². The molecule has 4 aliphatic rings. The molecule has 1 unspecified atom stereocenters. The monoisotopic (exact) mass is 520 g/mol. The number of piperazine rings is 1. The number of fused-ring (bicyclic) bond motifs is 1. The Morgan fingerprint density at radius 3 is 2.53 bits per heavy atom. The predicted octanol–water partition coefficient (Wildman–Crippen LogP) is 1.48. The second kappa shape index (κ2) is 9.67. The van der Waals surface area contributed by atoms with Crippen molar-refractivity contribution in [1.82, 2.24) is 20.1 Å². The Balaban J connectivity index is 1.02. The van der Waals surface area contributed by atoms with Gasteiger partial charge in [0.15, 0.2) is 6.20 Å². The molecule has 1 saturated carbocycles. The number of imide groups is 1. The molecule has 1 aromatic heterocycles. The number of aromatic nitrogens is 1. The number of pyridine rings is 1. The van der Waals surface area contributed by atoms with Crippen LogP contribution in [0.5, 0.6) is 5.75 Å². The summed E-state index contributed by atoms with van der Waals surface area (Å²) in [6.07, 6.45) is 3.97. The molecule has 1 aliphatic carbocycles. The normalized spacial score (nSPS) is 25.6. The van der Waals surface area contributed by atoms with Crippen molar-refractivity contribution >= 4 is 29.2 Å². The number of hydrogen-bond acceptors (Lipinski definition) is 9. The molecule has 4 heterocycles. The Morgan fingerprint density at radius 2 is 1.84 bits per heavy atom. The highest BCUT2D eigenvalue weighted by Gasteiger charge is 2.41. The molecule has 2 aromatic rings. The summed E-state index contributed by atoms with van der Waals surface area (Å²) in [6.45, 7) is 3.74. The first-order valence-electron chi connectivity index (χ1n) is 12.9. The number of carbonyl (C=O) groups excluding carboxylic acids is 3. The van der Waals surface area contributed by atoms with E-state index in [1.54, 1.807) is 23.2 Å². The molecule has 198 valence electrons. The van der Waals surface area contributed by atoms with Crippen LogP contribution in [0.25, 0.3) is 0 Å². The highest BCUT2D eigenvalue weighted by molar-refractivity contribution is 6.05. The molecule has 12 heteroatoms. The maximum atomic E-state index is 13.0. The van der Waals surface area contributed by atoms with Gasteiger partial charge in [-0.15, -0.1) is 0 Å². The standard InChI is InChI=1S/C26H28N6O6/c33-24-7-5-21(25(34)28-24)31-15-20-19(26(31)35)2-1-3-22(20)38-18-12-17(13-18)30-10-8-29(9-11-30)16-4-6-23(27-14-16)32(36)37/h1-4,6,14,17-18,21H,5,7-13,15H2,(H,28,33,34). The fraction of sp³-hybridized carbons (Fsp3) is 0.462. The Kier molecular flexibility index (Phi) is 6.18. The summed E-state index contributed by atoms with van der Waals surface area (Å²) in [5.74, 6) is -0.387. The molecule has 1 atom stereocenters. The van der Waals surface area contributed by atoms with Crippen molar-refractivity contribution in [2.24, 2.45) is 0 Å². The first-order valence-corrected chi connectivity index (χ1v) is 12.9. The second-order valence-electron chi connectivity index (χ2n) is 10.2. The van der Waals surface area contributed by atoms with Crippen LogP contribution in [-0.4, -0.2) is 81.8 Å². The zero-order valence-corrected chi connectivity index (χ0v) is 20.7. The van der Waals surface area contributed by atoms with E-state index in [4.69, 9.17) is 4.74 Å². The maximum absolute atomic E-state index is 13.0. The number of nitrogens with one attached hydrogen (secondary N) is 1. The number of nitrogens with zero attached hydrogens (tertiary/aromatic N) is 5. The number of rotatable bonds is 6. The number of piperidine rings is 1. The van der Waals surface area contributed by atoms with Crippen LogP contribution in [0, 0.1) is 10.1 Å². The van der Waals surface area contributed by atoms with Crippen LogP contribution in [-0.2, 0) is 16.1 Å². The van der Waals surface area contributed by atoms with Gasteiger partial charge in [0.2, 0.25) is 11.8 Å². The Morgan fingerprint density at radius 1 is 1.05 bits per heavy atom. The average Bonchev–Trinajstić information content (AvgIpc) is 3.23. The van der Waals surface area contributed by atoms with Crippen molar-refractivity contribution in [3.63, 3.8) is 0 Å². The van der Waals surface area contributed by atoms with E-state index in [0.717, 1.165) is 50.3 Å². The third kappa shape index (κ3) is 4.44. The van der Waals surface area contributed by atoms with E-state index in [-0.39, 0.29) is 30.2 Å². The molecule has 3 aliphatic heterocycles. The lowest BCUT2D eigenvalue weighted by Crippen LogP contribution is -2.56. The van der Waals surface area contributed by atoms with Crippen molar-refractivity contribution in [3.8, 4) is 5.75 Å². The van der Waals surface area contributed by atoms with E-state index >= 15 is 0 Å². The van der Waals surface area contributed by atoms with E-state index in [0.29, 0.717) is 30.3 Å². The number of carbonyl (C=O) groups is 3. The molecule has 1 aromatic carbocycles.